The van der Waals surface area contributed by atoms with Gasteiger partial charge >= 0.3 is 6.03 Å². The predicted octanol–water partition coefficient (Wildman–Crippen LogP) is 2.88. The van der Waals surface area contributed by atoms with Crippen molar-refractivity contribution in [1.82, 2.24) is 4.90 Å². The second-order valence-corrected chi connectivity index (χ2v) is 8.60. The lowest BCUT2D eigenvalue weighted by atomic mass is 9.91. The highest BCUT2D eigenvalue weighted by atomic mass is 32.2. The van der Waals surface area contributed by atoms with Crippen molar-refractivity contribution in [3.8, 4) is 0 Å². The van der Waals surface area contributed by atoms with Gasteiger partial charge in [0.2, 0.25) is 0 Å². The smallest absolute Gasteiger partial charge is 0.322 e. The summed E-state index contributed by atoms with van der Waals surface area (Å²) in [5.41, 5.74) is 0.751. The van der Waals surface area contributed by atoms with Crippen molar-refractivity contribution < 1.29 is 17.9 Å². The second-order valence-electron chi connectivity index (χ2n) is 6.92. The van der Waals surface area contributed by atoms with E-state index in [0.717, 1.165) is 19.4 Å². The Morgan fingerprint density at radius 3 is 2.48 bits per heavy atom. The minimum absolute atomic E-state index is 0.0864. The monoisotopic (exact) mass is 387 g/mol. The van der Waals surface area contributed by atoms with Crippen LogP contribution in [0.1, 0.15) is 12.8 Å². The molecule has 0 saturated carbocycles. The van der Waals surface area contributed by atoms with Crippen LogP contribution < -0.4 is 10.0 Å². The number of nitrogens with zero attached hydrogens (tertiary/aromatic N) is 1. The molecule has 0 atom stereocenters. The van der Waals surface area contributed by atoms with Crippen LogP contribution in [0.5, 0.6) is 0 Å². The lowest BCUT2D eigenvalue weighted by molar-refractivity contribution is -0.0893. The average Bonchev–Trinajstić information content (AvgIpc) is 3.11. The Morgan fingerprint density at radius 1 is 1.04 bits per heavy atom. The first kappa shape index (κ1) is 17.8. The molecule has 0 unspecified atom stereocenters. The third-order valence-electron chi connectivity index (χ3n) is 4.85. The van der Waals surface area contributed by atoms with Gasteiger partial charge in [0.1, 0.15) is 5.60 Å². The molecule has 8 heteroatoms. The number of rotatable bonds is 4. The summed E-state index contributed by atoms with van der Waals surface area (Å²) in [4.78, 5) is 14.1. The molecular weight excluding hydrogens is 366 g/mol. The number of nitrogens with one attached hydrogen (secondary N) is 2. The van der Waals surface area contributed by atoms with E-state index in [2.05, 4.69) is 10.0 Å². The number of benzene rings is 2. The number of urea groups is 1. The lowest BCUT2D eigenvalue weighted by Gasteiger charge is -2.46. The van der Waals surface area contributed by atoms with Crippen LogP contribution in [0.2, 0.25) is 0 Å². The molecule has 2 aromatic rings. The standard InChI is InChI=1S/C19H21N3O4S/c23-18(22-13-19(14-22)10-5-11-26-19)20-16-8-4-9-17(12-16)27(24,25)21-15-6-2-1-3-7-15/h1-4,6-9,12,21H,5,10-11,13-14H2,(H,20,23). The SMILES string of the molecule is O=C(Nc1cccc(S(=O)(=O)Nc2ccccc2)c1)N1CC2(CCCO2)C1. The van der Waals surface area contributed by atoms with Crippen LogP contribution in [0.25, 0.3) is 0 Å². The maximum Gasteiger partial charge on any atom is 0.322 e. The zero-order valence-electron chi connectivity index (χ0n) is 14.7. The van der Waals surface area contributed by atoms with Crippen molar-refractivity contribution in [2.45, 2.75) is 23.3 Å². The molecule has 0 radical (unpaired) electrons. The van der Waals surface area contributed by atoms with Gasteiger partial charge in [-0.25, -0.2) is 13.2 Å². The first-order valence-corrected chi connectivity index (χ1v) is 10.3. The molecule has 2 amide bonds. The highest BCUT2D eigenvalue weighted by Gasteiger charge is 2.48. The Kier molecular flexibility index (Phi) is 4.53. The number of amides is 2. The fourth-order valence-electron chi connectivity index (χ4n) is 3.46. The normalized spacial score (nSPS) is 18.1. The van der Waals surface area contributed by atoms with Crippen LogP contribution in [0, 0.1) is 0 Å². The molecule has 0 bridgehead atoms. The second kappa shape index (κ2) is 6.86. The minimum atomic E-state index is -3.74. The van der Waals surface area contributed by atoms with Crippen molar-refractivity contribution >= 4 is 27.4 Å². The topological polar surface area (TPSA) is 87.7 Å². The van der Waals surface area contributed by atoms with Gasteiger partial charge in [-0.05, 0) is 43.2 Å². The number of hydrogen-bond acceptors (Lipinski definition) is 4. The molecule has 2 aliphatic heterocycles. The third kappa shape index (κ3) is 3.77. The van der Waals surface area contributed by atoms with Gasteiger partial charge < -0.3 is 15.0 Å². The van der Waals surface area contributed by atoms with Crippen molar-refractivity contribution in [2.75, 3.05) is 29.7 Å². The Hall–Kier alpha value is -2.58. The number of carbonyl (C=O) groups excluding carboxylic acids is 1. The molecule has 2 fully saturated rings. The summed E-state index contributed by atoms with van der Waals surface area (Å²) in [5, 5.41) is 2.77. The van der Waals surface area contributed by atoms with Gasteiger partial charge in [-0.1, -0.05) is 24.3 Å². The van der Waals surface area contributed by atoms with E-state index >= 15 is 0 Å². The van der Waals surface area contributed by atoms with E-state index in [1.54, 1.807) is 41.3 Å². The van der Waals surface area contributed by atoms with E-state index in [4.69, 9.17) is 4.74 Å². The van der Waals surface area contributed by atoms with Gasteiger partial charge in [0.15, 0.2) is 0 Å². The maximum atomic E-state index is 12.6. The van der Waals surface area contributed by atoms with Crippen molar-refractivity contribution in [2.24, 2.45) is 0 Å². The third-order valence-corrected chi connectivity index (χ3v) is 6.23. The van der Waals surface area contributed by atoms with Crippen LogP contribution in [-0.2, 0) is 14.8 Å². The van der Waals surface area contributed by atoms with Gasteiger partial charge in [-0.2, -0.15) is 0 Å². The quantitative estimate of drug-likeness (QED) is 0.844. The Balaban J connectivity index is 1.42. The van der Waals surface area contributed by atoms with E-state index in [-0.39, 0.29) is 16.5 Å². The van der Waals surface area contributed by atoms with Crippen molar-refractivity contribution in [1.29, 1.82) is 0 Å². The summed E-state index contributed by atoms with van der Waals surface area (Å²) in [7, 11) is -3.74. The number of para-hydroxylation sites is 1. The molecule has 2 aliphatic rings. The summed E-state index contributed by atoms with van der Waals surface area (Å²) < 4.78 is 33.4. The first-order chi connectivity index (χ1) is 13.0. The number of likely N-dealkylation sites (tertiary alicyclic amines) is 1. The Morgan fingerprint density at radius 2 is 1.78 bits per heavy atom. The highest BCUT2D eigenvalue weighted by Crippen LogP contribution is 2.35. The summed E-state index contributed by atoms with van der Waals surface area (Å²) in [6, 6.07) is 14.6. The molecule has 2 aromatic carbocycles. The molecular formula is C19H21N3O4S. The predicted molar refractivity (Wildman–Crippen MR) is 102 cm³/mol. The van der Waals surface area contributed by atoms with Crippen molar-refractivity contribution in [3.63, 3.8) is 0 Å². The summed E-state index contributed by atoms with van der Waals surface area (Å²) in [6.07, 6.45) is 2.01. The van der Waals surface area contributed by atoms with Gasteiger partial charge in [0.05, 0.1) is 18.0 Å². The molecule has 2 heterocycles. The van der Waals surface area contributed by atoms with E-state index in [1.807, 2.05) is 6.07 Å². The fraction of sp³-hybridized carbons (Fsp3) is 0.316. The Labute approximate surface area is 158 Å². The van der Waals surface area contributed by atoms with E-state index in [9.17, 15) is 13.2 Å². The molecule has 1 spiro atoms. The van der Waals surface area contributed by atoms with E-state index in [1.165, 1.54) is 12.1 Å². The number of ether oxygens (including phenoxy) is 1. The van der Waals surface area contributed by atoms with Gasteiger partial charge in [0.25, 0.3) is 10.0 Å². The number of anilines is 2. The molecule has 0 aromatic heterocycles. The molecule has 2 saturated heterocycles. The number of sulfonamides is 1. The molecule has 2 N–H and O–H groups in total. The molecule has 142 valence electrons. The van der Waals surface area contributed by atoms with E-state index in [0.29, 0.717) is 24.5 Å². The number of hydrogen-bond donors (Lipinski definition) is 2. The molecule has 27 heavy (non-hydrogen) atoms. The zero-order valence-corrected chi connectivity index (χ0v) is 15.5. The summed E-state index contributed by atoms with van der Waals surface area (Å²) in [6.45, 7) is 1.91. The van der Waals surface area contributed by atoms with Crippen LogP contribution in [0.3, 0.4) is 0 Å². The lowest BCUT2D eigenvalue weighted by Crippen LogP contribution is -2.63. The van der Waals surface area contributed by atoms with Crippen LogP contribution in [0.4, 0.5) is 16.2 Å². The Bertz CT molecular complexity index is 932. The molecule has 7 nitrogen and oxygen atoms in total. The van der Waals surface area contributed by atoms with Crippen molar-refractivity contribution in [3.05, 3.63) is 54.6 Å². The molecule has 0 aliphatic carbocycles. The largest absolute Gasteiger partial charge is 0.371 e. The van der Waals surface area contributed by atoms with Gasteiger partial charge in [0, 0.05) is 18.0 Å². The van der Waals surface area contributed by atoms with Gasteiger partial charge in [-0.15, -0.1) is 0 Å². The minimum Gasteiger partial charge on any atom is -0.371 e. The van der Waals surface area contributed by atoms with Crippen LogP contribution in [-0.4, -0.2) is 44.6 Å². The number of carbonyl (C=O) groups is 1. The zero-order chi connectivity index (χ0) is 18.9. The highest BCUT2D eigenvalue weighted by molar-refractivity contribution is 7.92. The average molecular weight is 387 g/mol. The van der Waals surface area contributed by atoms with E-state index < -0.39 is 10.0 Å². The maximum absolute atomic E-state index is 12.6. The summed E-state index contributed by atoms with van der Waals surface area (Å²) >= 11 is 0. The fourth-order valence-corrected chi connectivity index (χ4v) is 4.57. The first-order valence-electron chi connectivity index (χ1n) is 8.84. The van der Waals surface area contributed by atoms with Crippen LogP contribution in [0.15, 0.2) is 59.5 Å². The van der Waals surface area contributed by atoms with Gasteiger partial charge in [-0.3, -0.25) is 4.72 Å². The summed E-state index contributed by atoms with van der Waals surface area (Å²) in [5.74, 6) is 0. The van der Waals surface area contributed by atoms with Crippen LogP contribution >= 0.6 is 0 Å². The molecule has 4 rings (SSSR count).